The average molecular weight is 369 g/mol. The lowest BCUT2D eigenvalue weighted by Gasteiger charge is -2.33. The predicted molar refractivity (Wildman–Crippen MR) is 91.3 cm³/mol. The van der Waals surface area contributed by atoms with Crippen LogP contribution in [0.5, 0.6) is 0 Å². The fourth-order valence-electron chi connectivity index (χ4n) is 3.63. The maximum atomic E-state index is 13.5. The Bertz CT molecular complexity index is 751. The summed E-state index contributed by atoms with van der Waals surface area (Å²) in [5, 5.41) is 0. The predicted octanol–water partition coefficient (Wildman–Crippen LogP) is 5.00. The highest BCUT2D eigenvalue weighted by atomic mass is 19.4. The van der Waals surface area contributed by atoms with Crippen molar-refractivity contribution in [1.29, 1.82) is 0 Å². The maximum absolute atomic E-state index is 13.5. The van der Waals surface area contributed by atoms with E-state index in [1.54, 1.807) is 6.20 Å². The molecule has 1 aromatic carbocycles. The molecular formula is C19H23F4N3. The van der Waals surface area contributed by atoms with Crippen LogP contribution in [-0.4, -0.2) is 27.5 Å². The van der Waals surface area contributed by atoms with Gasteiger partial charge in [-0.3, -0.25) is 4.90 Å². The van der Waals surface area contributed by atoms with Crippen molar-refractivity contribution in [3.8, 4) is 0 Å². The van der Waals surface area contributed by atoms with Crippen LogP contribution in [-0.2, 0) is 12.7 Å². The molecule has 1 aromatic heterocycles. The highest BCUT2D eigenvalue weighted by molar-refractivity contribution is 5.27. The van der Waals surface area contributed by atoms with Gasteiger partial charge in [0.25, 0.3) is 0 Å². The summed E-state index contributed by atoms with van der Waals surface area (Å²) >= 11 is 0. The smallest absolute Gasteiger partial charge is 0.332 e. The lowest BCUT2D eigenvalue weighted by atomic mass is 9.96. The molecule has 3 nitrogen and oxygen atoms in total. The number of nitrogens with zero attached hydrogens (tertiary/aromatic N) is 3. The van der Waals surface area contributed by atoms with Crippen LogP contribution in [0.3, 0.4) is 0 Å². The van der Waals surface area contributed by atoms with Crippen molar-refractivity contribution in [2.45, 2.75) is 51.4 Å². The average Bonchev–Trinajstić information content (AvgIpc) is 3.06. The lowest BCUT2D eigenvalue weighted by molar-refractivity contribution is -0.140. The summed E-state index contributed by atoms with van der Waals surface area (Å²) in [6.45, 7) is 6.13. The first-order valence-corrected chi connectivity index (χ1v) is 8.86. The number of alkyl halides is 3. The van der Waals surface area contributed by atoms with Gasteiger partial charge in [0.05, 0.1) is 5.56 Å². The molecule has 0 unspecified atom stereocenters. The normalized spacial score (nSPS) is 19.3. The van der Waals surface area contributed by atoms with E-state index in [1.807, 2.05) is 6.20 Å². The van der Waals surface area contributed by atoms with E-state index in [4.69, 9.17) is 0 Å². The molecule has 2 heterocycles. The first kappa shape index (κ1) is 18.9. The summed E-state index contributed by atoms with van der Waals surface area (Å²) in [6, 6.07) is 3.58. The summed E-state index contributed by atoms with van der Waals surface area (Å²) in [7, 11) is 0. The van der Waals surface area contributed by atoms with Gasteiger partial charge in [0.1, 0.15) is 11.6 Å². The van der Waals surface area contributed by atoms with Gasteiger partial charge in [-0.2, -0.15) is 13.2 Å². The molecular weight excluding hydrogens is 346 g/mol. The number of hydrogen-bond acceptors (Lipinski definition) is 2. The summed E-state index contributed by atoms with van der Waals surface area (Å²) in [4.78, 5) is 6.62. The van der Waals surface area contributed by atoms with E-state index < -0.39 is 17.6 Å². The second-order valence-corrected chi connectivity index (χ2v) is 7.17. The quantitative estimate of drug-likeness (QED) is 0.707. The Balaban J connectivity index is 1.74. The fourth-order valence-corrected chi connectivity index (χ4v) is 3.63. The summed E-state index contributed by atoms with van der Waals surface area (Å²) in [5.74, 6) is 0.0557. The van der Waals surface area contributed by atoms with E-state index in [9.17, 15) is 17.6 Å². The third-order valence-electron chi connectivity index (χ3n) is 4.87. The molecule has 0 radical (unpaired) electrons. The van der Waals surface area contributed by atoms with E-state index in [0.717, 1.165) is 43.9 Å². The number of hydrogen-bond donors (Lipinski definition) is 0. The van der Waals surface area contributed by atoms with Crippen molar-refractivity contribution in [3.63, 3.8) is 0 Å². The van der Waals surface area contributed by atoms with Crippen LogP contribution in [0.2, 0.25) is 0 Å². The SMILES string of the molecule is CC(C)n1ccnc1[C@@H]1CCCN(Cc2ccc(F)c(C(F)(F)F)c2)C1. The van der Waals surface area contributed by atoms with Crippen molar-refractivity contribution in [3.05, 3.63) is 53.4 Å². The molecule has 1 fully saturated rings. The van der Waals surface area contributed by atoms with Crippen LogP contribution in [0.15, 0.2) is 30.6 Å². The monoisotopic (exact) mass is 369 g/mol. The zero-order valence-corrected chi connectivity index (χ0v) is 14.9. The Morgan fingerprint density at radius 2 is 2.04 bits per heavy atom. The molecule has 0 spiro atoms. The van der Waals surface area contributed by atoms with Gasteiger partial charge in [0, 0.05) is 37.4 Å². The molecule has 0 N–H and O–H groups in total. The van der Waals surface area contributed by atoms with Crippen molar-refractivity contribution < 1.29 is 17.6 Å². The van der Waals surface area contributed by atoms with Gasteiger partial charge >= 0.3 is 6.18 Å². The number of rotatable bonds is 4. The number of aromatic nitrogens is 2. The Morgan fingerprint density at radius 3 is 2.73 bits per heavy atom. The Labute approximate surface area is 150 Å². The molecule has 1 aliphatic heterocycles. The Hall–Kier alpha value is -1.89. The highest BCUT2D eigenvalue weighted by Gasteiger charge is 2.34. The maximum Gasteiger partial charge on any atom is 0.419 e. The second kappa shape index (κ2) is 7.39. The largest absolute Gasteiger partial charge is 0.419 e. The van der Waals surface area contributed by atoms with Crippen LogP contribution in [0.25, 0.3) is 0 Å². The Kier molecular flexibility index (Phi) is 5.37. The molecule has 2 aromatic rings. The van der Waals surface area contributed by atoms with E-state index >= 15 is 0 Å². The van der Waals surface area contributed by atoms with Crippen LogP contribution in [0.4, 0.5) is 17.6 Å². The molecule has 7 heteroatoms. The van der Waals surface area contributed by atoms with E-state index in [1.165, 1.54) is 6.07 Å². The molecule has 0 bridgehead atoms. The van der Waals surface area contributed by atoms with E-state index in [-0.39, 0.29) is 5.92 Å². The van der Waals surface area contributed by atoms with E-state index in [2.05, 4.69) is 28.3 Å². The highest BCUT2D eigenvalue weighted by Crippen LogP contribution is 2.33. The number of halogens is 4. The first-order chi connectivity index (χ1) is 12.3. The molecule has 3 rings (SSSR count). The van der Waals surface area contributed by atoms with Crippen LogP contribution in [0.1, 0.15) is 55.6 Å². The van der Waals surface area contributed by atoms with Crippen LogP contribution < -0.4 is 0 Å². The molecule has 1 saturated heterocycles. The minimum atomic E-state index is -4.67. The van der Waals surface area contributed by atoms with Crippen LogP contribution >= 0.6 is 0 Å². The topological polar surface area (TPSA) is 21.1 Å². The second-order valence-electron chi connectivity index (χ2n) is 7.17. The molecule has 1 aliphatic rings. The van der Waals surface area contributed by atoms with Gasteiger partial charge in [-0.1, -0.05) is 6.07 Å². The Morgan fingerprint density at radius 1 is 1.27 bits per heavy atom. The number of benzene rings is 1. The zero-order valence-electron chi connectivity index (χ0n) is 14.9. The molecule has 142 valence electrons. The van der Waals surface area contributed by atoms with Gasteiger partial charge in [-0.15, -0.1) is 0 Å². The summed E-state index contributed by atoms with van der Waals surface area (Å²) in [5.41, 5.74) is -0.717. The minimum absolute atomic E-state index is 0.253. The first-order valence-electron chi connectivity index (χ1n) is 8.86. The third-order valence-corrected chi connectivity index (χ3v) is 4.87. The number of piperidine rings is 1. The van der Waals surface area contributed by atoms with Crippen molar-refractivity contribution in [2.75, 3.05) is 13.1 Å². The number of imidazole rings is 1. The third kappa shape index (κ3) is 4.09. The molecule has 26 heavy (non-hydrogen) atoms. The van der Waals surface area contributed by atoms with E-state index in [0.29, 0.717) is 18.2 Å². The van der Waals surface area contributed by atoms with Crippen LogP contribution in [0, 0.1) is 5.82 Å². The van der Waals surface area contributed by atoms with Gasteiger partial charge < -0.3 is 4.57 Å². The van der Waals surface area contributed by atoms with Gasteiger partial charge in [-0.25, -0.2) is 9.37 Å². The lowest BCUT2D eigenvalue weighted by Crippen LogP contribution is -2.35. The zero-order chi connectivity index (χ0) is 18.9. The molecule has 0 aliphatic carbocycles. The van der Waals surface area contributed by atoms with Crippen molar-refractivity contribution in [1.82, 2.24) is 14.5 Å². The summed E-state index contributed by atoms with van der Waals surface area (Å²) < 4.78 is 54.3. The van der Waals surface area contributed by atoms with Gasteiger partial charge in [0.2, 0.25) is 0 Å². The number of likely N-dealkylation sites (tertiary alicyclic amines) is 1. The fraction of sp³-hybridized carbons (Fsp3) is 0.526. The van der Waals surface area contributed by atoms with Crippen molar-refractivity contribution in [2.24, 2.45) is 0 Å². The minimum Gasteiger partial charge on any atom is -0.332 e. The molecule has 1 atom stereocenters. The molecule has 0 saturated carbocycles. The van der Waals surface area contributed by atoms with Crippen molar-refractivity contribution >= 4 is 0 Å². The standard InChI is InChI=1S/C19H23F4N3/c1-13(2)26-9-7-24-18(26)15-4-3-8-25(12-15)11-14-5-6-17(20)16(10-14)19(21,22)23/h5-7,9-10,13,15H,3-4,8,11-12H2,1-2H3/t15-/m1/s1. The van der Waals surface area contributed by atoms with Gasteiger partial charge in [0.15, 0.2) is 0 Å². The van der Waals surface area contributed by atoms with Gasteiger partial charge in [-0.05, 0) is 50.9 Å². The molecule has 0 amide bonds. The summed E-state index contributed by atoms with van der Waals surface area (Å²) in [6.07, 6.45) is 1.06.